The van der Waals surface area contributed by atoms with Crippen molar-refractivity contribution in [1.29, 1.82) is 0 Å². The number of amidine groups is 1. The molecule has 1 atom stereocenters. The first-order valence-electron chi connectivity index (χ1n) is 7.53. The van der Waals surface area contributed by atoms with E-state index in [1.54, 1.807) is 0 Å². The number of benzene rings is 2. The quantitative estimate of drug-likeness (QED) is 0.801. The summed E-state index contributed by atoms with van der Waals surface area (Å²) >= 11 is 6.03. The van der Waals surface area contributed by atoms with E-state index in [0.29, 0.717) is 0 Å². The van der Waals surface area contributed by atoms with Gasteiger partial charge >= 0.3 is 0 Å². The molecule has 0 radical (unpaired) electrons. The summed E-state index contributed by atoms with van der Waals surface area (Å²) < 4.78 is 11.1. The molecule has 0 saturated heterocycles. The molecule has 2 aliphatic rings. The second kappa shape index (κ2) is 5.46. The first-order valence-corrected chi connectivity index (χ1v) is 7.91. The van der Waals surface area contributed by atoms with Crippen LogP contribution in [0.1, 0.15) is 22.7 Å². The molecule has 0 N–H and O–H groups in total. The molecule has 4 nitrogen and oxygen atoms in total. The Morgan fingerprint density at radius 1 is 1.09 bits per heavy atom. The summed E-state index contributed by atoms with van der Waals surface area (Å²) in [6.07, 6.45) is 0.795. The molecule has 0 saturated carbocycles. The van der Waals surface area contributed by atoms with E-state index in [1.165, 1.54) is 11.1 Å². The van der Waals surface area contributed by atoms with Gasteiger partial charge in [-0.3, -0.25) is 4.99 Å². The van der Waals surface area contributed by atoms with Crippen LogP contribution in [-0.2, 0) is 6.42 Å². The Balaban J connectivity index is 1.85. The molecule has 2 aliphatic heterocycles. The molecule has 0 bridgehead atoms. The summed E-state index contributed by atoms with van der Waals surface area (Å²) in [5.74, 6) is 2.67. The van der Waals surface area contributed by atoms with Crippen molar-refractivity contribution in [1.82, 2.24) is 4.90 Å². The predicted octanol–water partition coefficient (Wildman–Crippen LogP) is 3.67. The Bertz CT molecular complexity index is 784. The van der Waals surface area contributed by atoms with Crippen LogP contribution in [0.15, 0.2) is 41.4 Å². The van der Waals surface area contributed by atoms with Gasteiger partial charge in [-0.05, 0) is 41.0 Å². The Morgan fingerprint density at radius 2 is 1.78 bits per heavy atom. The molecule has 0 aliphatic carbocycles. The standard InChI is InChI=1S/C18H17ClN2O2/c1-21(2)17-8-12-7-15-16(23-10-22-15)9-14(12)18(20-17)11-3-5-13(19)6-4-11/h3-7,9,18H,8,10H2,1-2H3. The van der Waals surface area contributed by atoms with E-state index in [2.05, 4.69) is 17.0 Å². The molecular weight excluding hydrogens is 312 g/mol. The first-order chi connectivity index (χ1) is 11.1. The van der Waals surface area contributed by atoms with Crippen LogP contribution < -0.4 is 9.47 Å². The fourth-order valence-electron chi connectivity index (χ4n) is 3.01. The van der Waals surface area contributed by atoms with E-state index in [0.717, 1.165) is 34.3 Å². The van der Waals surface area contributed by atoms with Gasteiger partial charge < -0.3 is 14.4 Å². The number of likely N-dealkylation sites (N-methyl/N-ethyl adjacent to an activating group) is 1. The number of halogens is 1. The minimum absolute atomic E-state index is 0.0529. The SMILES string of the molecule is CN(C)C1=NC(c2ccc(Cl)cc2)c2cc3c(cc2C1)OCO3. The topological polar surface area (TPSA) is 34.1 Å². The van der Waals surface area contributed by atoms with Crippen molar-refractivity contribution in [2.45, 2.75) is 12.5 Å². The summed E-state index contributed by atoms with van der Waals surface area (Å²) in [7, 11) is 4.05. The molecule has 2 aromatic carbocycles. The van der Waals surface area contributed by atoms with E-state index >= 15 is 0 Å². The van der Waals surface area contributed by atoms with Crippen LogP contribution in [0.25, 0.3) is 0 Å². The third-order valence-electron chi connectivity index (χ3n) is 4.26. The lowest BCUT2D eigenvalue weighted by atomic mass is 9.90. The van der Waals surface area contributed by atoms with Gasteiger partial charge in [-0.2, -0.15) is 0 Å². The second-order valence-electron chi connectivity index (χ2n) is 5.97. The largest absolute Gasteiger partial charge is 0.454 e. The number of fused-ring (bicyclic) bond motifs is 2. The van der Waals surface area contributed by atoms with Crippen molar-refractivity contribution in [3.63, 3.8) is 0 Å². The molecular formula is C18H17ClN2O2. The number of hydrogen-bond acceptors (Lipinski definition) is 4. The maximum atomic E-state index is 6.03. The van der Waals surface area contributed by atoms with Gasteiger partial charge in [0, 0.05) is 25.5 Å². The number of nitrogens with zero attached hydrogens (tertiary/aromatic N) is 2. The molecule has 0 aromatic heterocycles. The van der Waals surface area contributed by atoms with E-state index in [1.807, 2.05) is 38.4 Å². The fourth-order valence-corrected chi connectivity index (χ4v) is 3.14. The molecule has 4 rings (SSSR count). The average molecular weight is 329 g/mol. The zero-order chi connectivity index (χ0) is 16.0. The third kappa shape index (κ3) is 2.53. The molecule has 5 heteroatoms. The summed E-state index contributed by atoms with van der Waals surface area (Å²) in [6, 6.07) is 12.0. The Morgan fingerprint density at radius 3 is 2.48 bits per heavy atom. The number of hydrogen-bond donors (Lipinski definition) is 0. The molecule has 0 amide bonds. The molecule has 0 fully saturated rings. The highest BCUT2D eigenvalue weighted by atomic mass is 35.5. The third-order valence-corrected chi connectivity index (χ3v) is 4.51. The summed E-state index contributed by atoms with van der Waals surface area (Å²) in [6.45, 7) is 0.283. The van der Waals surface area contributed by atoms with Gasteiger partial charge in [-0.25, -0.2) is 0 Å². The first kappa shape index (κ1) is 14.4. The van der Waals surface area contributed by atoms with Crippen LogP contribution in [0.5, 0.6) is 11.5 Å². The number of aliphatic imine (C=N–C) groups is 1. The Labute approximate surface area is 140 Å². The van der Waals surface area contributed by atoms with Crippen molar-refractivity contribution in [3.8, 4) is 11.5 Å². The van der Waals surface area contributed by atoms with Gasteiger partial charge in [0.1, 0.15) is 11.9 Å². The minimum atomic E-state index is -0.0529. The van der Waals surface area contributed by atoms with Crippen molar-refractivity contribution in [3.05, 3.63) is 58.1 Å². The Hall–Kier alpha value is -2.20. The van der Waals surface area contributed by atoms with Crippen molar-refractivity contribution >= 4 is 17.4 Å². The zero-order valence-corrected chi connectivity index (χ0v) is 13.8. The van der Waals surface area contributed by atoms with Gasteiger partial charge in [0.15, 0.2) is 11.5 Å². The van der Waals surface area contributed by atoms with E-state index in [-0.39, 0.29) is 12.8 Å². The van der Waals surface area contributed by atoms with Crippen LogP contribution in [0.4, 0.5) is 0 Å². The smallest absolute Gasteiger partial charge is 0.231 e. The predicted molar refractivity (Wildman–Crippen MR) is 90.7 cm³/mol. The second-order valence-corrected chi connectivity index (χ2v) is 6.41. The molecule has 1 unspecified atom stereocenters. The van der Waals surface area contributed by atoms with Crippen LogP contribution in [0, 0.1) is 0 Å². The van der Waals surface area contributed by atoms with Crippen LogP contribution in [0.3, 0.4) is 0 Å². The lowest BCUT2D eigenvalue weighted by molar-refractivity contribution is 0.174. The summed E-state index contributed by atoms with van der Waals surface area (Å²) in [5.41, 5.74) is 3.52. The minimum Gasteiger partial charge on any atom is -0.454 e. The van der Waals surface area contributed by atoms with E-state index in [9.17, 15) is 0 Å². The average Bonchev–Trinajstić information content (AvgIpc) is 2.99. The van der Waals surface area contributed by atoms with Gasteiger partial charge in [0.2, 0.25) is 6.79 Å². The maximum Gasteiger partial charge on any atom is 0.231 e. The normalized spacial score (nSPS) is 18.4. The summed E-state index contributed by atoms with van der Waals surface area (Å²) in [5, 5.41) is 0.729. The van der Waals surface area contributed by atoms with E-state index < -0.39 is 0 Å². The van der Waals surface area contributed by atoms with Crippen LogP contribution >= 0.6 is 11.6 Å². The van der Waals surface area contributed by atoms with Gasteiger partial charge in [-0.1, -0.05) is 23.7 Å². The zero-order valence-electron chi connectivity index (χ0n) is 13.0. The fraction of sp³-hybridized carbons (Fsp3) is 0.278. The van der Waals surface area contributed by atoms with Crippen molar-refractivity contribution < 1.29 is 9.47 Å². The lowest BCUT2D eigenvalue weighted by Crippen LogP contribution is -2.28. The van der Waals surface area contributed by atoms with Gasteiger partial charge in [-0.15, -0.1) is 0 Å². The van der Waals surface area contributed by atoms with E-state index in [4.69, 9.17) is 26.1 Å². The molecule has 118 valence electrons. The number of rotatable bonds is 1. The highest BCUT2D eigenvalue weighted by Crippen LogP contribution is 2.41. The van der Waals surface area contributed by atoms with Gasteiger partial charge in [0.25, 0.3) is 0 Å². The molecule has 0 spiro atoms. The van der Waals surface area contributed by atoms with Crippen molar-refractivity contribution in [2.24, 2.45) is 4.99 Å². The molecule has 23 heavy (non-hydrogen) atoms. The monoisotopic (exact) mass is 328 g/mol. The van der Waals surface area contributed by atoms with Gasteiger partial charge in [0.05, 0.1) is 0 Å². The maximum absolute atomic E-state index is 6.03. The number of ether oxygens (including phenoxy) is 2. The van der Waals surface area contributed by atoms with Crippen molar-refractivity contribution in [2.75, 3.05) is 20.9 Å². The summed E-state index contributed by atoms with van der Waals surface area (Å²) in [4.78, 5) is 7.02. The van der Waals surface area contributed by atoms with Crippen LogP contribution in [-0.4, -0.2) is 31.6 Å². The molecule has 2 aromatic rings. The lowest BCUT2D eigenvalue weighted by Gasteiger charge is -2.28. The highest BCUT2D eigenvalue weighted by Gasteiger charge is 2.27. The molecule has 2 heterocycles. The highest BCUT2D eigenvalue weighted by molar-refractivity contribution is 6.30. The van der Waals surface area contributed by atoms with Crippen LogP contribution in [0.2, 0.25) is 5.02 Å². The Kier molecular flexibility index (Phi) is 3.42.